The fourth-order valence-corrected chi connectivity index (χ4v) is 1.12. The van der Waals surface area contributed by atoms with E-state index in [1.807, 2.05) is 0 Å². The molecule has 0 heterocycles. The number of hydrogen-bond donors (Lipinski definition) is 1. The summed E-state index contributed by atoms with van der Waals surface area (Å²) in [5, 5.41) is 15.8. The number of rotatable bonds is 5. The van der Waals surface area contributed by atoms with Crippen LogP contribution in [0.15, 0.2) is 46.5 Å². The highest BCUT2D eigenvalue weighted by Crippen LogP contribution is 2.29. The van der Waals surface area contributed by atoms with Crippen molar-refractivity contribution in [2.24, 2.45) is 10.2 Å². The van der Waals surface area contributed by atoms with Gasteiger partial charge in [0.15, 0.2) is 18.1 Å². The van der Waals surface area contributed by atoms with E-state index in [2.05, 4.69) is 15.0 Å². The zero-order chi connectivity index (χ0) is 15.2. The minimum atomic E-state index is -4.47. The van der Waals surface area contributed by atoms with Gasteiger partial charge in [-0.1, -0.05) is 12.1 Å². The number of azo groups is 1. The standard InChI is InChI=1S/C12H11F3N2O3/c1-8(19)10(6-18)17-16-9-4-2-3-5-11(9)20-7-12(13,14)15/h2-6,18H,7H2,1H3/b10-6+,17-16?. The molecule has 1 rings (SSSR count). The molecule has 5 nitrogen and oxygen atoms in total. The summed E-state index contributed by atoms with van der Waals surface area (Å²) < 4.78 is 40.8. The van der Waals surface area contributed by atoms with Crippen molar-refractivity contribution >= 4 is 11.5 Å². The van der Waals surface area contributed by atoms with Crippen LogP contribution in [0.2, 0.25) is 0 Å². The molecule has 0 fully saturated rings. The van der Waals surface area contributed by atoms with Crippen LogP contribution in [0, 0.1) is 0 Å². The van der Waals surface area contributed by atoms with Crippen molar-refractivity contribution in [1.82, 2.24) is 0 Å². The molecule has 0 spiro atoms. The molecule has 0 amide bonds. The molecule has 0 aliphatic heterocycles. The summed E-state index contributed by atoms with van der Waals surface area (Å²) in [6.45, 7) is -0.304. The van der Waals surface area contributed by atoms with E-state index in [0.717, 1.165) is 6.92 Å². The molecule has 20 heavy (non-hydrogen) atoms. The van der Waals surface area contributed by atoms with Crippen LogP contribution < -0.4 is 4.74 Å². The number of carbonyl (C=O) groups is 1. The molecule has 1 aromatic carbocycles. The lowest BCUT2D eigenvalue weighted by atomic mass is 10.3. The van der Waals surface area contributed by atoms with Crippen LogP contribution in [-0.4, -0.2) is 23.7 Å². The van der Waals surface area contributed by atoms with E-state index in [-0.39, 0.29) is 17.1 Å². The van der Waals surface area contributed by atoms with Crippen LogP contribution in [-0.2, 0) is 4.79 Å². The van der Waals surface area contributed by atoms with Gasteiger partial charge in [0.25, 0.3) is 0 Å². The zero-order valence-corrected chi connectivity index (χ0v) is 10.4. The van der Waals surface area contributed by atoms with Gasteiger partial charge in [0.1, 0.15) is 17.7 Å². The predicted octanol–water partition coefficient (Wildman–Crippen LogP) is 3.70. The molecule has 0 unspecified atom stereocenters. The first-order valence-electron chi connectivity index (χ1n) is 5.39. The van der Waals surface area contributed by atoms with Crippen LogP contribution in [0.5, 0.6) is 5.75 Å². The second-order valence-corrected chi connectivity index (χ2v) is 3.64. The van der Waals surface area contributed by atoms with Crippen molar-refractivity contribution in [2.45, 2.75) is 13.1 Å². The van der Waals surface area contributed by atoms with Gasteiger partial charge in [-0.05, 0) is 12.1 Å². The lowest BCUT2D eigenvalue weighted by Gasteiger charge is -2.10. The fraction of sp³-hybridized carbons (Fsp3) is 0.250. The largest absolute Gasteiger partial charge is 0.513 e. The van der Waals surface area contributed by atoms with Crippen LogP contribution in [0.25, 0.3) is 0 Å². The first-order chi connectivity index (χ1) is 9.33. The lowest BCUT2D eigenvalue weighted by Crippen LogP contribution is -2.19. The SMILES string of the molecule is CC(=O)/C(=C\O)N=Nc1ccccc1OCC(F)(F)F. The molecule has 0 aromatic heterocycles. The zero-order valence-electron chi connectivity index (χ0n) is 10.4. The number of Topliss-reactive ketones (excluding diaryl/α,β-unsaturated/α-hetero) is 1. The Bertz CT molecular complexity index is 539. The highest BCUT2D eigenvalue weighted by atomic mass is 19.4. The van der Waals surface area contributed by atoms with Crippen molar-refractivity contribution in [3.63, 3.8) is 0 Å². The quantitative estimate of drug-likeness (QED) is 0.510. The minimum Gasteiger partial charge on any atom is -0.513 e. The van der Waals surface area contributed by atoms with Gasteiger partial charge in [0, 0.05) is 6.92 Å². The van der Waals surface area contributed by atoms with E-state index in [1.54, 1.807) is 0 Å². The molecule has 0 saturated heterocycles. The summed E-state index contributed by atoms with van der Waals surface area (Å²) in [6, 6.07) is 5.64. The van der Waals surface area contributed by atoms with E-state index >= 15 is 0 Å². The second kappa shape index (κ2) is 6.69. The number of benzene rings is 1. The number of aliphatic hydroxyl groups is 1. The first-order valence-corrected chi connectivity index (χ1v) is 5.39. The monoisotopic (exact) mass is 288 g/mol. The molecule has 0 aliphatic carbocycles. The summed E-state index contributed by atoms with van der Waals surface area (Å²) in [5.41, 5.74) is -0.312. The lowest BCUT2D eigenvalue weighted by molar-refractivity contribution is -0.153. The van der Waals surface area contributed by atoms with Gasteiger partial charge in [0.2, 0.25) is 0 Å². The predicted molar refractivity (Wildman–Crippen MR) is 63.9 cm³/mol. The van der Waals surface area contributed by atoms with Crippen LogP contribution in [0.3, 0.4) is 0 Å². The molecule has 1 N–H and O–H groups in total. The van der Waals surface area contributed by atoms with E-state index in [1.165, 1.54) is 24.3 Å². The Balaban J connectivity index is 2.91. The normalized spacial score (nSPS) is 12.7. The number of carbonyl (C=O) groups excluding carboxylic acids is 1. The number of hydrogen-bond acceptors (Lipinski definition) is 5. The molecule has 108 valence electrons. The van der Waals surface area contributed by atoms with E-state index in [0.29, 0.717) is 6.26 Å². The number of nitrogens with zero attached hydrogens (tertiary/aromatic N) is 2. The van der Waals surface area contributed by atoms with Crippen LogP contribution in [0.4, 0.5) is 18.9 Å². The van der Waals surface area contributed by atoms with Crippen LogP contribution >= 0.6 is 0 Å². The average molecular weight is 288 g/mol. The first kappa shape index (κ1) is 15.7. The molecule has 0 radical (unpaired) electrons. The van der Waals surface area contributed by atoms with Gasteiger partial charge >= 0.3 is 6.18 Å². The maximum Gasteiger partial charge on any atom is 0.422 e. The Kier molecular flexibility index (Phi) is 5.24. The maximum atomic E-state index is 12.1. The Morgan fingerprint density at radius 1 is 1.40 bits per heavy atom. The third-order valence-electron chi connectivity index (χ3n) is 2.01. The molecular weight excluding hydrogens is 277 g/mol. The van der Waals surface area contributed by atoms with Crippen molar-refractivity contribution in [3.8, 4) is 5.75 Å². The highest BCUT2D eigenvalue weighted by molar-refractivity contribution is 5.92. The van der Waals surface area contributed by atoms with Gasteiger partial charge in [-0.2, -0.15) is 13.2 Å². The molecule has 0 bridgehead atoms. The van der Waals surface area contributed by atoms with Gasteiger partial charge in [-0.15, -0.1) is 10.2 Å². The van der Waals surface area contributed by atoms with Crippen LogP contribution in [0.1, 0.15) is 6.92 Å². The summed E-state index contributed by atoms with van der Waals surface area (Å²) in [5.74, 6) is -0.667. The molecule has 0 atom stereocenters. The average Bonchev–Trinajstić information content (AvgIpc) is 2.37. The molecular formula is C12H11F3N2O3. The minimum absolute atomic E-state index is 0.0114. The van der Waals surface area contributed by atoms with Gasteiger partial charge in [-0.25, -0.2) is 0 Å². The van der Waals surface area contributed by atoms with Crippen molar-refractivity contribution in [2.75, 3.05) is 6.61 Å². The number of ether oxygens (including phenoxy) is 1. The van der Waals surface area contributed by atoms with Gasteiger partial charge in [0.05, 0.1) is 0 Å². The maximum absolute atomic E-state index is 12.1. The topological polar surface area (TPSA) is 71.2 Å². The number of ketones is 1. The summed E-state index contributed by atoms with van der Waals surface area (Å²) in [6.07, 6.45) is -4.01. The smallest absolute Gasteiger partial charge is 0.422 e. The number of aliphatic hydroxyl groups excluding tert-OH is 1. The number of alkyl halides is 3. The van der Waals surface area contributed by atoms with E-state index in [9.17, 15) is 18.0 Å². The number of allylic oxidation sites excluding steroid dienone is 1. The van der Waals surface area contributed by atoms with Crippen molar-refractivity contribution < 1.29 is 27.8 Å². The fourth-order valence-electron chi connectivity index (χ4n) is 1.12. The second-order valence-electron chi connectivity index (χ2n) is 3.64. The van der Waals surface area contributed by atoms with Gasteiger partial charge in [-0.3, -0.25) is 4.79 Å². The molecule has 0 saturated carbocycles. The van der Waals surface area contributed by atoms with Gasteiger partial charge < -0.3 is 9.84 Å². The highest BCUT2D eigenvalue weighted by Gasteiger charge is 2.28. The summed E-state index contributed by atoms with van der Waals surface area (Å²) >= 11 is 0. The van der Waals surface area contributed by atoms with Crippen molar-refractivity contribution in [3.05, 3.63) is 36.2 Å². The Labute approximate surface area is 112 Å². The Hall–Kier alpha value is -2.38. The third-order valence-corrected chi connectivity index (χ3v) is 2.01. The Morgan fingerprint density at radius 2 is 2.05 bits per heavy atom. The molecule has 8 heteroatoms. The summed E-state index contributed by atoms with van der Waals surface area (Å²) in [7, 11) is 0. The molecule has 1 aromatic rings. The third kappa shape index (κ3) is 5.09. The van der Waals surface area contributed by atoms with E-state index in [4.69, 9.17) is 5.11 Å². The number of halogens is 3. The summed E-state index contributed by atoms with van der Waals surface area (Å²) in [4.78, 5) is 11.0. The number of para-hydroxylation sites is 1. The Morgan fingerprint density at radius 3 is 2.60 bits per heavy atom. The molecule has 0 aliphatic rings. The van der Waals surface area contributed by atoms with Crippen molar-refractivity contribution in [1.29, 1.82) is 0 Å². The van der Waals surface area contributed by atoms with E-state index < -0.39 is 18.6 Å².